The summed E-state index contributed by atoms with van der Waals surface area (Å²) in [4.78, 5) is 27.6. The van der Waals surface area contributed by atoms with Gasteiger partial charge in [-0.25, -0.2) is 0 Å². The molecule has 0 aromatic heterocycles. The van der Waals surface area contributed by atoms with E-state index in [1.807, 2.05) is 0 Å². The highest BCUT2D eigenvalue weighted by molar-refractivity contribution is 5.65. The van der Waals surface area contributed by atoms with Gasteiger partial charge in [-0.05, 0) is 20.8 Å². The van der Waals surface area contributed by atoms with Gasteiger partial charge in [-0.15, -0.1) is 0 Å². The number of aliphatic carboxylic acids is 1. The Bertz CT molecular complexity index is 151. The van der Waals surface area contributed by atoms with Crippen LogP contribution in [0.15, 0.2) is 0 Å². The van der Waals surface area contributed by atoms with Crippen LogP contribution in [-0.4, -0.2) is 41.7 Å². The Balaban J connectivity index is -0.0000000635. The summed E-state index contributed by atoms with van der Waals surface area (Å²) in [5.74, 6) is -1.04. The van der Waals surface area contributed by atoms with Crippen molar-refractivity contribution in [3.8, 4) is 0 Å². The second-order valence-electron chi connectivity index (χ2n) is 2.00. The molecule has 0 amide bonds. The lowest BCUT2D eigenvalue weighted by molar-refractivity contribution is -0.140. The average Bonchev–Trinajstić information content (AvgIpc) is 2.04. The number of carboxylic acids is 1. The summed E-state index contributed by atoms with van der Waals surface area (Å²) < 4.78 is 4.40. The molecule has 98 valence electrons. The smallest absolute Gasteiger partial charge is 0.302 e. The molecule has 0 fully saturated rings. The third kappa shape index (κ3) is 683. The normalized spacial score (nSPS) is 6.38. The summed E-state index contributed by atoms with van der Waals surface area (Å²) in [7, 11) is 0. The lowest BCUT2D eigenvalue weighted by Crippen LogP contribution is -1.95. The van der Waals surface area contributed by atoms with Crippen LogP contribution in [0.5, 0.6) is 0 Å². The van der Waals surface area contributed by atoms with E-state index in [0.717, 1.165) is 13.2 Å². The van der Waals surface area contributed by atoms with Crippen molar-refractivity contribution in [3.63, 3.8) is 0 Å². The zero-order valence-electron chi connectivity index (χ0n) is 10.5. The topological polar surface area (TPSA) is 101 Å². The number of carbonyl (C=O) groups is 3. The predicted molar refractivity (Wildman–Crippen MR) is 60.1 cm³/mol. The van der Waals surface area contributed by atoms with E-state index in [0.29, 0.717) is 6.61 Å². The maximum Gasteiger partial charge on any atom is 0.302 e. The minimum atomic E-state index is -0.833. The van der Waals surface area contributed by atoms with E-state index in [1.54, 1.807) is 13.8 Å². The van der Waals surface area contributed by atoms with Gasteiger partial charge in [0.05, 0.1) is 6.61 Å². The quantitative estimate of drug-likeness (QED) is 0.519. The van der Waals surface area contributed by atoms with Gasteiger partial charge >= 0.3 is 5.97 Å². The molecule has 2 N–H and O–H groups in total. The molecule has 0 bridgehead atoms. The van der Waals surface area contributed by atoms with Crippen LogP contribution in [0.1, 0.15) is 34.6 Å². The summed E-state index contributed by atoms with van der Waals surface area (Å²) in [5.41, 5.74) is 0. The van der Waals surface area contributed by atoms with E-state index >= 15 is 0 Å². The molecular formula is C10H22O6. The van der Waals surface area contributed by atoms with Crippen molar-refractivity contribution in [3.05, 3.63) is 0 Å². The number of aliphatic hydroxyl groups excluding tert-OH is 1. The van der Waals surface area contributed by atoms with Crippen LogP contribution in [-0.2, 0) is 19.1 Å². The number of aldehydes is 1. The van der Waals surface area contributed by atoms with Gasteiger partial charge in [0, 0.05) is 20.5 Å². The highest BCUT2D eigenvalue weighted by Crippen LogP contribution is 1.69. The van der Waals surface area contributed by atoms with Gasteiger partial charge in [0.15, 0.2) is 0 Å². The molecule has 0 heterocycles. The van der Waals surface area contributed by atoms with Crippen LogP contribution in [0.2, 0.25) is 0 Å². The van der Waals surface area contributed by atoms with Crippen molar-refractivity contribution in [1.82, 2.24) is 0 Å². The van der Waals surface area contributed by atoms with Crippen molar-refractivity contribution in [2.75, 3.05) is 13.2 Å². The monoisotopic (exact) mass is 238 g/mol. The first-order valence-electron chi connectivity index (χ1n) is 4.67. The van der Waals surface area contributed by atoms with Crippen molar-refractivity contribution >= 4 is 18.2 Å². The summed E-state index contributed by atoms with van der Waals surface area (Å²) in [6, 6.07) is 0. The number of hydrogen-bond acceptors (Lipinski definition) is 5. The first kappa shape index (κ1) is 24.0. The molecule has 0 spiro atoms. The fourth-order valence-electron chi connectivity index (χ4n) is 0.203. The lowest BCUT2D eigenvalue weighted by atomic mass is 10.8. The van der Waals surface area contributed by atoms with Crippen LogP contribution in [0.3, 0.4) is 0 Å². The maximum absolute atomic E-state index is 9.82. The minimum Gasteiger partial charge on any atom is -0.481 e. The van der Waals surface area contributed by atoms with Crippen LogP contribution in [0.25, 0.3) is 0 Å². The van der Waals surface area contributed by atoms with Crippen molar-refractivity contribution < 1.29 is 29.3 Å². The van der Waals surface area contributed by atoms with Gasteiger partial charge < -0.3 is 19.7 Å². The van der Waals surface area contributed by atoms with E-state index in [9.17, 15) is 4.79 Å². The Labute approximate surface area is 96.2 Å². The summed E-state index contributed by atoms with van der Waals surface area (Å²) >= 11 is 0. The number of esters is 1. The van der Waals surface area contributed by atoms with Gasteiger partial charge in [0.1, 0.15) is 6.29 Å². The predicted octanol–water partition coefficient (Wildman–Crippen LogP) is 0.864. The van der Waals surface area contributed by atoms with E-state index in [-0.39, 0.29) is 12.6 Å². The second-order valence-corrected chi connectivity index (χ2v) is 2.00. The van der Waals surface area contributed by atoms with Gasteiger partial charge in [-0.2, -0.15) is 0 Å². The Morgan fingerprint density at radius 3 is 1.44 bits per heavy atom. The van der Waals surface area contributed by atoms with Gasteiger partial charge in [0.2, 0.25) is 0 Å². The van der Waals surface area contributed by atoms with E-state index in [1.165, 1.54) is 13.8 Å². The molecule has 0 unspecified atom stereocenters. The highest BCUT2D eigenvalue weighted by atomic mass is 16.5. The number of aliphatic hydroxyl groups is 1. The largest absolute Gasteiger partial charge is 0.481 e. The van der Waals surface area contributed by atoms with E-state index in [4.69, 9.17) is 19.8 Å². The molecule has 6 nitrogen and oxygen atoms in total. The Morgan fingerprint density at radius 2 is 1.44 bits per heavy atom. The highest BCUT2D eigenvalue weighted by Gasteiger charge is 1.81. The molecule has 0 atom stereocenters. The fraction of sp³-hybridized carbons (Fsp3) is 0.700. The minimum absolute atomic E-state index is 0.211. The van der Waals surface area contributed by atoms with Crippen LogP contribution in [0.4, 0.5) is 0 Å². The first-order valence-corrected chi connectivity index (χ1v) is 4.67. The zero-order valence-corrected chi connectivity index (χ0v) is 10.5. The van der Waals surface area contributed by atoms with Crippen LogP contribution in [0, 0.1) is 0 Å². The Hall–Kier alpha value is -1.43. The van der Waals surface area contributed by atoms with Gasteiger partial charge in [-0.3, -0.25) is 9.59 Å². The van der Waals surface area contributed by atoms with Crippen molar-refractivity contribution in [2.24, 2.45) is 0 Å². The zero-order chi connectivity index (χ0) is 14.0. The molecular weight excluding hydrogens is 216 g/mol. The number of rotatable bonds is 1. The molecule has 0 saturated carbocycles. The van der Waals surface area contributed by atoms with Gasteiger partial charge in [0.25, 0.3) is 5.97 Å². The fourth-order valence-corrected chi connectivity index (χ4v) is 0.203. The molecule has 0 aliphatic rings. The third-order valence-electron chi connectivity index (χ3n) is 0.348. The molecule has 0 saturated heterocycles. The van der Waals surface area contributed by atoms with Gasteiger partial charge in [-0.1, -0.05) is 0 Å². The molecule has 0 rings (SSSR count). The lowest BCUT2D eigenvalue weighted by Gasteiger charge is -1.89. The van der Waals surface area contributed by atoms with Crippen LogP contribution < -0.4 is 0 Å². The third-order valence-corrected chi connectivity index (χ3v) is 0.348. The summed E-state index contributed by atoms with van der Waals surface area (Å²) in [6.07, 6.45) is 0.750. The number of carbonyl (C=O) groups excluding carboxylic acids is 2. The van der Waals surface area contributed by atoms with Crippen LogP contribution >= 0.6 is 0 Å². The molecule has 6 heteroatoms. The molecule has 0 aromatic rings. The molecule has 16 heavy (non-hydrogen) atoms. The molecule has 0 radical (unpaired) electrons. The SMILES string of the molecule is CC(=O)O.CC=O.CCO.CCOC(C)=O. The van der Waals surface area contributed by atoms with Crippen molar-refractivity contribution in [1.29, 1.82) is 0 Å². The van der Waals surface area contributed by atoms with E-state index < -0.39 is 5.97 Å². The molecule has 0 aromatic carbocycles. The number of hydrogen-bond donors (Lipinski definition) is 2. The molecule has 0 aliphatic heterocycles. The average molecular weight is 238 g/mol. The maximum atomic E-state index is 9.82. The summed E-state index contributed by atoms with van der Waals surface area (Å²) in [5, 5.41) is 15.0. The Kier molecular flexibility index (Phi) is 43.8. The first-order chi connectivity index (χ1) is 7.33. The number of carboxylic acid groups (broad SMARTS) is 1. The second kappa shape index (κ2) is 29.2. The van der Waals surface area contributed by atoms with Crippen molar-refractivity contribution in [2.45, 2.75) is 34.6 Å². The van der Waals surface area contributed by atoms with E-state index in [2.05, 4.69) is 4.74 Å². The standard InChI is InChI=1S/C4H8O2.C2H4O2.C2H6O.C2H4O/c1-3-6-4(2)5;1-2(3)4;2*1-2-3/h3H2,1-2H3;1H3,(H,3,4);3H,2H2,1H3;2H,1H3. The molecule has 0 aliphatic carbocycles. The number of ether oxygens (including phenoxy) is 1. The Morgan fingerprint density at radius 1 is 1.25 bits per heavy atom. The summed E-state index contributed by atoms with van der Waals surface area (Å²) in [6.45, 7) is 8.11.